The van der Waals surface area contributed by atoms with Crippen LogP contribution in [0.5, 0.6) is 17.2 Å². The smallest absolute Gasteiger partial charge is 0.221 e. The molecule has 32 heavy (non-hydrogen) atoms. The number of nitrogens with zero attached hydrogens (tertiary/aromatic N) is 1. The van der Waals surface area contributed by atoms with E-state index >= 15 is 0 Å². The van der Waals surface area contributed by atoms with Crippen LogP contribution < -0.4 is 20.3 Å². The second-order valence-electron chi connectivity index (χ2n) is 6.29. The van der Waals surface area contributed by atoms with E-state index in [0.717, 1.165) is 16.7 Å². The van der Waals surface area contributed by atoms with Gasteiger partial charge in [-0.05, 0) is 41.0 Å². The minimum Gasteiger partial charge on any atom is -0.760 e. The van der Waals surface area contributed by atoms with Gasteiger partial charge in [-0.3, -0.25) is 14.1 Å². The number of rotatable bonds is 6. The summed E-state index contributed by atoms with van der Waals surface area (Å²) in [5, 5.41) is 13.5. The van der Waals surface area contributed by atoms with Crippen LogP contribution >= 0.6 is 11.6 Å². The molecule has 0 spiro atoms. The first kappa shape index (κ1) is 24.8. The fourth-order valence-electron chi connectivity index (χ4n) is 2.84. The van der Waals surface area contributed by atoms with Gasteiger partial charge in [0.25, 0.3) is 0 Å². The number of nitrogens with two attached hydrogens (primary N) is 2. The van der Waals surface area contributed by atoms with Crippen molar-refractivity contribution in [3.63, 3.8) is 0 Å². The molecule has 3 aromatic rings. The molecule has 0 radical (unpaired) electrons. The SMILES string of the molecule is COc1ccc(-c2ccccc2CC(N)=O)cc1Oc1cc(C#N)ccc1Cl.NS(=O)[O-]. The summed E-state index contributed by atoms with van der Waals surface area (Å²) >= 11 is 3.85. The topological polar surface area (TPSA) is 151 Å². The Hall–Kier alpha value is -3.42. The van der Waals surface area contributed by atoms with Crippen LogP contribution in [0.3, 0.4) is 0 Å². The number of amides is 1. The summed E-state index contributed by atoms with van der Waals surface area (Å²) in [6.45, 7) is 0. The Bertz CT molecular complexity index is 1180. The number of halogens is 1. The van der Waals surface area contributed by atoms with Crippen LogP contribution in [0.15, 0.2) is 60.7 Å². The monoisotopic (exact) mass is 472 g/mol. The number of carbonyl (C=O) groups excluding carboxylic acids is 1. The lowest BCUT2D eigenvalue weighted by Crippen LogP contribution is -2.14. The summed E-state index contributed by atoms with van der Waals surface area (Å²) in [6, 6.07) is 19.8. The highest BCUT2D eigenvalue weighted by atomic mass is 35.5. The number of methoxy groups -OCH3 is 1. The average Bonchev–Trinajstić information content (AvgIpc) is 2.75. The van der Waals surface area contributed by atoms with Crippen molar-refractivity contribution in [3.8, 4) is 34.4 Å². The molecule has 1 unspecified atom stereocenters. The molecule has 0 saturated carbocycles. The molecule has 0 heterocycles. The first-order valence-corrected chi connectivity index (χ1v) is 10.5. The van der Waals surface area contributed by atoms with Crippen LogP contribution in [0.1, 0.15) is 11.1 Å². The van der Waals surface area contributed by atoms with Gasteiger partial charge in [0.05, 0.1) is 30.2 Å². The Morgan fingerprint density at radius 1 is 1.12 bits per heavy atom. The van der Waals surface area contributed by atoms with Crippen molar-refractivity contribution in [1.29, 1.82) is 5.26 Å². The molecule has 0 aromatic heterocycles. The van der Waals surface area contributed by atoms with Crippen molar-refractivity contribution < 1.29 is 23.0 Å². The molecule has 4 N–H and O–H groups in total. The maximum Gasteiger partial charge on any atom is 0.221 e. The maximum atomic E-state index is 11.4. The molecular weight excluding hydrogens is 454 g/mol. The summed E-state index contributed by atoms with van der Waals surface area (Å²) in [5.41, 5.74) is 8.32. The Morgan fingerprint density at radius 2 is 1.81 bits per heavy atom. The molecule has 1 atom stereocenters. The Morgan fingerprint density at radius 3 is 2.44 bits per heavy atom. The third-order valence-electron chi connectivity index (χ3n) is 4.14. The fourth-order valence-corrected chi connectivity index (χ4v) is 2.99. The maximum absolute atomic E-state index is 11.4. The van der Waals surface area contributed by atoms with Gasteiger partial charge in [0.2, 0.25) is 5.91 Å². The summed E-state index contributed by atoms with van der Waals surface area (Å²) in [5.74, 6) is 0.888. The van der Waals surface area contributed by atoms with Crippen LogP contribution in [0.2, 0.25) is 5.02 Å². The molecule has 0 bridgehead atoms. The molecular formula is C22H19ClN3O5S-. The average molecular weight is 473 g/mol. The quantitative estimate of drug-likeness (QED) is 0.524. The van der Waals surface area contributed by atoms with Crippen LogP contribution in [-0.4, -0.2) is 21.8 Å². The highest BCUT2D eigenvalue weighted by molar-refractivity contribution is 7.76. The lowest BCUT2D eigenvalue weighted by molar-refractivity contribution is -0.117. The summed E-state index contributed by atoms with van der Waals surface area (Å²) in [6.07, 6.45) is 0.133. The van der Waals surface area contributed by atoms with Crippen molar-refractivity contribution in [2.45, 2.75) is 6.42 Å². The molecule has 0 saturated heterocycles. The van der Waals surface area contributed by atoms with E-state index in [-0.39, 0.29) is 6.42 Å². The number of ether oxygens (including phenoxy) is 2. The number of nitriles is 1. The zero-order valence-corrected chi connectivity index (χ0v) is 18.5. The Balaban J connectivity index is 0.000000837. The highest BCUT2D eigenvalue weighted by Crippen LogP contribution is 2.39. The van der Waals surface area contributed by atoms with Crippen LogP contribution in [0, 0.1) is 11.3 Å². The molecule has 3 rings (SSSR count). The van der Waals surface area contributed by atoms with Crippen molar-refractivity contribution in [3.05, 3.63) is 76.8 Å². The van der Waals surface area contributed by atoms with E-state index in [1.807, 2.05) is 30.3 Å². The summed E-state index contributed by atoms with van der Waals surface area (Å²) in [7, 11) is 1.54. The molecule has 8 nitrogen and oxygen atoms in total. The normalized spacial score (nSPS) is 10.8. The zero-order chi connectivity index (χ0) is 23.7. The van der Waals surface area contributed by atoms with Crippen molar-refractivity contribution in [2.24, 2.45) is 10.9 Å². The van der Waals surface area contributed by atoms with E-state index in [9.17, 15) is 4.79 Å². The molecule has 0 aliphatic heterocycles. The molecule has 0 aliphatic carbocycles. The zero-order valence-electron chi connectivity index (χ0n) is 16.9. The number of primary amides is 1. The molecule has 1 amide bonds. The lowest BCUT2D eigenvalue weighted by atomic mass is 9.97. The first-order chi connectivity index (χ1) is 15.2. The Kier molecular flexibility index (Phi) is 9.19. The predicted molar refractivity (Wildman–Crippen MR) is 121 cm³/mol. The van der Waals surface area contributed by atoms with Crippen LogP contribution in [0.25, 0.3) is 11.1 Å². The van der Waals surface area contributed by atoms with E-state index in [0.29, 0.717) is 27.8 Å². The molecule has 0 fully saturated rings. The third-order valence-corrected chi connectivity index (χ3v) is 4.45. The summed E-state index contributed by atoms with van der Waals surface area (Å²) < 4.78 is 28.9. The van der Waals surface area contributed by atoms with Crippen molar-refractivity contribution >= 4 is 28.8 Å². The van der Waals surface area contributed by atoms with E-state index < -0.39 is 17.2 Å². The first-order valence-electron chi connectivity index (χ1n) is 9.01. The van der Waals surface area contributed by atoms with Gasteiger partial charge in [-0.25, -0.2) is 0 Å². The standard InChI is InChI=1S/C22H17ClN2O3.H3NO2S/c1-27-19-9-7-16(17-5-3-2-4-15(17)12-22(25)26)11-21(19)28-20-10-14(13-24)6-8-18(20)23;1-4(2)3/h2-11H,12H2,1H3,(H2,25,26);1H2,(H,2,3)/p-1. The largest absolute Gasteiger partial charge is 0.760 e. The van der Waals surface area contributed by atoms with Gasteiger partial charge < -0.3 is 19.8 Å². The van der Waals surface area contributed by atoms with E-state index in [1.54, 1.807) is 30.3 Å². The Labute approximate surface area is 192 Å². The van der Waals surface area contributed by atoms with Gasteiger partial charge >= 0.3 is 0 Å². The van der Waals surface area contributed by atoms with Crippen LogP contribution in [-0.2, 0) is 22.5 Å². The second kappa shape index (κ2) is 11.8. The minimum atomic E-state index is -2.36. The van der Waals surface area contributed by atoms with Gasteiger partial charge in [-0.1, -0.05) is 41.9 Å². The third kappa shape index (κ3) is 7.08. The second-order valence-corrected chi connectivity index (χ2v) is 7.21. The fraction of sp³-hybridized carbons (Fsp3) is 0.0909. The van der Waals surface area contributed by atoms with Gasteiger partial charge in [-0.15, -0.1) is 0 Å². The number of hydrogen-bond acceptors (Lipinski definition) is 6. The van der Waals surface area contributed by atoms with E-state index in [1.165, 1.54) is 7.11 Å². The van der Waals surface area contributed by atoms with Crippen LogP contribution in [0.4, 0.5) is 0 Å². The number of hydrogen-bond donors (Lipinski definition) is 2. The highest BCUT2D eigenvalue weighted by Gasteiger charge is 2.13. The number of benzene rings is 3. The summed E-state index contributed by atoms with van der Waals surface area (Å²) in [4.78, 5) is 11.4. The molecule has 3 aromatic carbocycles. The molecule has 10 heteroatoms. The lowest BCUT2D eigenvalue weighted by Gasteiger charge is -2.15. The van der Waals surface area contributed by atoms with Gasteiger partial charge in [0.1, 0.15) is 5.75 Å². The number of carbonyl (C=O) groups is 1. The molecule has 0 aliphatic rings. The minimum absolute atomic E-state index is 0.133. The van der Waals surface area contributed by atoms with E-state index in [2.05, 4.69) is 11.2 Å². The van der Waals surface area contributed by atoms with Gasteiger partial charge in [-0.2, -0.15) is 5.26 Å². The van der Waals surface area contributed by atoms with E-state index in [4.69, 9.17) is 40.8 Å². The predicted octanol–water partition coefficient (Wildman–Crippen LogP) is 3.45. The van der Waals surface area contributed by atoms with Crippen molar-refractivity contribution in [2.75, 3.05) is 7.11 Å². The van der Waals surface area contributed by atoms with Gasteiger partial charge in [0.15, 0.2) is 11.5 Å². The van der Waals surface area contributed by atoms with Crippen molar-refractivity contribution in [1.82, 2.24) is 0 Å². The molecule has 166 valence electrons. The van der Waals surface area contributed by atoms with Gasteiger partial charge in [0, 0.05) is 17.3 Å².